The Morgan fingerprint density at radius 3 is 2.09 bits per heavy atom. The third kappa shape index (κ3) is 10.1. The number of amides is 2. The van der Waals surface area contributed by atoms with Crippen molar-refractivity contribution in [3.05, 3.63) is 71.8 Å². The standard InChI is InChI=1S/C25H32N2O5/c1-25(2,3)32-22(28)15-14-21(23(29)26-17-16-19-10-6-4-7-11-19)27-24(30)31-18-20-12-8-5-9-13-20/h4-13,21H,14-18H2,1-3H3,(H,26,29)(H,27,30)/t21-/m0/s1. The minimum Gasteiger partial charge on any atom is -0.460 e. The van der Waals surface area contributed by atoms with Crippen molar-refractivity contribution in [3.63, 3.8) is 0 Å². The van der Waals surface area contributed by atoms with Gasteiger partial charge in [0.1, 0.15) is 18.2 Å². The van der Waals surface area contributed by atoms with Crippen LogP contribution < -0.4 is 10.6 Å². The van der Waals surface area contributed by atoms with E-state index in [2.05, 4.69) is 10.6 Å². The van der Waals surface area contributed by atoms with Gasteiger partial charge in [0, 0.05) is 13.0 Å². The van der Waals surface area contributed by atoms with Crippen molar-refractivity contribution in [1.82, 2.24) is 10.6 Å². The van der Waals surface area contributed by atoms with Crippen LogP contribution in [-0.2, 0) is 32.1 Å². The van der Waals surface area contributed by atoms with E-state index >= 15 is 0 Å². The lowest BCUT2D eigenvalue weighted by Crippen LogP contribution is -2.47. The average Bonchev–Trinajstić information content (AvgIpc) is 2.75. The monoisotopic (exact) mass is 440 g/mol. The number of ether oxygens (including phenoxy) is 2. The van der Waals surface area contributed by atoms with Crippen LogP contribution in [0.2, 0.25) is 0 Å². The number of benzene rings is 2. The topological polar surface area (TPSA) is 93.7 Å². The molecule has 0 fully saturated rings. The van der Waals surface area contributed by atoms with Crippen LogP contribution >= 0.6 is 0 Å². The van der Waals surface area contributed by atoms with Crippen molar-refractivity contribution in [1.29, 1.82) is 0 Å². The van der Waals surface area contributed by atoms with Crippen LogP contribution in [0.25, 0.3) is 0 Å². The van der Waals surface area contributed by atoms with Crippen molar-refractivity contribution in [3.8, 4) is 0 Å². The molecule has 0 unspecified atom stereocenters. The van der Waals surface area contributed by atoms with E-state index in [1.54, 1.807) is 20.8 Å². The highest BCUT2D eigenvalue weighted by molar-refractivity contribution is 5.86. The van der Waals surface area contributed by atoms with E-state index < -0.39 is 23.7 Å². The quantitative estimate of drug-likeness (QED) is 0.549. The second-order valence-corrected chi connectivity index (χ2v) is 8.41. The number of carbonyl (C=O) groups excluding carboxylic acids is 3. The number of hydrogen-bond donors (Lipinski definition) is 2. The number of nitrogens with one attached hydrogen (secondary N) is 2. The Hall–Kier alpha value is -3.35. The fourth-order valence-corrected chi connectivity index (χ4v) is 2.93. The van der Waals surface area contributed by atoms with Gasteiger partial charge in [0.05, 0.1) is 0 Å². The van der Waals surface area contributed by atoms with E-state index in [9.17, 15) is 14.4 Å². The molecule has 0 aliphatic carbocycles. The molecule has 0 saturated carbocycles. The molecular formula is C25H32N2O5. The molecule has 2 N–H and O–H groups in total. The summed E-state index contributed by atoms with van der Waals surface area (Å²) in [6, 6.07) is 18.1. The Morgan fingerprint density at radius 2 is 1.50 bits per heavy atom. The van der Waals surface area contributed by atoms with Gasteiger partial charge in [-0.05, 0) is 44.7 Å². The maximum atomic E-state index is 12.7. The van der Waals surface area contributed by atoms with Gasteiger partial charge in [0.15, 0.2) is 0 Å². The zero-order valence-corrected chi connectivity index (χ0v) is 18.9. The highest BCUT2D eigenvalue weighted by Gasteiger charge is 2.24. The average molecular weight is 441 g/mol. The number of rotatable bonds is 10. The van der Waals surface area contributed by atoms with Crippen LogP contribution in [0.4, 0.5) is 4.79 Å². The first-order valence-electron chi connectivity index (χ1n) is 10.7. The van der Waals surface area contributed by atoms with E-state index in [4.69, 9.17) is 9.47 Å². The molecule has 0 bridgehead atoms. The molecular weight excluding hydrogens is 408 g/mol. The number of esters is 1. The van der Waals surface area contributed by atoms with Crippen molar-refractivity contribution in [2.24, 2.45) is 0 Å². The van der Waals surface area contributed by atoms with Crippen LogP contribution in [-0.4, -0.2) is 36.2 Å². The lowest BCUT2D eigenvalue weighted by atomic mass is 10.1. The number of carbonyl (C=O) groups is 3. The van der Waals surface area contributed by atoms with Gasteiger partial charge < -0.3 is 20.1 Å². The molecule has 2 amide bonds. The first-order valence-corrected chi connectivity index (χ1v) is 10.7. The molecule has 2 aromatic rings. The summed E-state index contributed by atoms with van der Waals surface area (Å²) in [6.45, 7) is 5.82. The smallest absolute Gasteiger partial charge is 0.408 e. The SMILES string of the molecule is CC(C)(C)OC(=O)CC[C@H](NC(=O)OCc1ccccc1)C(=O)NCCc1ccccc1. The zero-order chi connectivity index (χ0) is 23.4. The van der Waals surface area contributed by atoms with Gasteiger partial charge in [-0.2, -0.15) is 0 Å². The van der Waals surface area contributed by atoms with Crippen molar-refractivity contribution < 1.29 is 23.9 Å². The molecule has 0 aromatic heterocycles. The van der Waals surface area contributed by atoms with E-state index in [1.165, 1.54) is 0 Å². The molecule has 1 atom stereocenters. The van der Waals surface area contributed by atoms with E-state index in [0.29, 0.717) is 13.0 Å². The van der Waals surface area contributed by atoms with E-state index in [1.807, 2.05) is 60.7 Å². The Morgan fingerprint density at radius 1 is 0.906 bits per heavy atom. The van der Waals surface area contributed by atoms with Crippen LogP contribution in [0.3, 0.4) is 0 Å². The summed E-state index contributed by atoms with van der Waals surface area (Å²) in [5, 5.41) is 5.39. The molecule has 2 rings (SSSR count). The molecule has 0 heterocycles. The molecule has 7 heteroatoms. The summed E-state index contributed by atoms with van der Waals surface area (Å²) in [5.41, 5.74) is 1.31. The van der Waals surface area contributed by atoms with Gasteiger partial charge in [-0.15, -0.1) is 0 Å². The fourth-order valence-electron chi connectivity index (χ4n) is 2.93. The molecule has 0 radical (unpaired) electrons. The maximum Gasteiger partial charge on any atom is 0.408 e. The van der Waals surface area contributed by atoms with E-state index in [-0.39, 0.29) is 25.4 Å². The molecule has 0 spiro atoms. The molecule has 2 aromatic carbocycles. The summed E-state index contributed by atoms with van der Waals surface area (Å²) in [7, 11) is 0. The first kappa shape index (κ1) is 24.9. The highest BCUT2D eigenvalue weighted by Crippen LogP contribution is 2.11. The predicted octanol–water partition coefficient (Wildman–Crippen LogP) is 3.76. The highest BCUT2D eigenvalue weighted by atomic mass is 16.6. The molecule has 7 nitrogen and oxygen atoms in total. The molecule has 32 heavy (non-hydrogen) atoms. The minimum atomic E-state index is -0.915. The normalized spacial score (nSPS) is 11.8. The maximum absolute atomic E-state index is 12.7. The second-order valence-electron chi connectivity index (χ2n) is 8.41. The van der Waals surface area contributed by atoms with Gasteiger partial charge in [-0.1, -0.05) is 60.7 Å². The van der Waals surface area contributed by atoms with Crippen LogP contribution in [0.15, 0.2) is 60.7 Å². The largest absolute Gasteiger partial charge is 0.460 e. The summed E-state index contributed by atoms with van der Waals surface area (Å²) in [6.07, 6.45) is 0.0323. The fraction of sp³-hybridized carbons (Fsp3) is 0.400. The van der Waals surface area contributed by atoms with Crippen molar-refractivity contribution in [2.45, 2.75) is 58.3 Å². The lowest BCUT2D eigenvalue weighted by Gasteiger charge is -2.21. The predicted molar refractivity (Wildman–Crippen MR) is 122 cm³/mol. The third-order valence-corrected chi connectivity index (χ3v) is 4.43. The van der Waals surface area contributed by atoms with Gasteiger partial charge in [0.2, 0.25) is 5.91 Å². The Kier molecular flexibility index (Phi) is 9.73. The molecule has 0 saturated heterocycles. The summed E-state index contributed by atoms with van der Waals surface area (Å²) in [5.74, 6) is -0.805. The van der Waals surface area contributed by atoms with Crippen molar-refractivity contribution >= 4 is 18.0 Å². The third-order valence-electron chi connectivity index (χ3n) is 4.43. The van der Waals surface area contributed by atoms with Gasteiger partial charge >= 0.3 is 12.1 Å². The van der Waals surface area contributed by atoms with Gasteiger partial charge in [-0.3, -0.25) is 9.59 Å². The summed E-state index contributed by atoms with van der Waals surface area (Å²) < 4.78 is 10.5. The minimum absolute atomic E-state index is 0.00694. The molecule has 0 aliphatic rings. The van der Waals surface area contributed by atoms with Crippen LogP contribution in [0.1, 0.15) is 44.7 Å². The second kappa shape index (κ2) is 12.5. The summed E-state index contributed by atoms with van der Waals surface area (Å²) in [4.78, 5) is 37.1. The van der Waals surface area contributed by atoms with Crippen molar-refractivity contribution in [2.75, 3.05) is 6.54 Å². The Bertz CT molecular complexity index is 863. The Balaban J connectivity index is 1.90. The number of hydrogen-bond acceptors (Lipinski definition) is 5. The van der Waals surface area contributed by atoms with Crippen LogP contribution in [0.5, 0.6) is 0 Å². The van der Waals surface area contributed by atoms with E-state index in [0.717, 1.165) is 11.1 Å². The molecule has 172 valence electrons. The first-order chi connectivity index (χ1) is 15.2. The van der Waals surface area contributed by atoms with Gasteiger partial charge in [-0.25, -0.2) is 4.79 Å². The molecule has 0 aliphatic heterocycles. The Labute approximate surface area is 189 Å². The zero-order valence-electron chi connectivity index (χ0n) is 18.9. The van der Waals surface area contributed by atoms with Gasteiger partial charge in [0.25, 0.3) is 0 Å². The lowest BCUT2D eigenvalue weighted by molar-refractivity contribution is -0.155. The number of alkyl carbamates (subject to hydrolysis) is 1. The summed E-state index contributed by atoms with van der Waals surface area (Å²) >= 11 is 0. The van der Waals surface area contributed by atoms with Crippen LogP contribution in [0, 0.1) is 0 Å².